The fourth-order valence-electron chi connectivity index (χ4n) is 2.45. The first-order chi connectivity index (χ1) is 12.4. The summed E-state index contributed by atoms with van der Waals surface area (Å²) in [5.41, 5.74) is 3.31. The maximum Gasteiger partial charge on any atom is 0.0629 e. The summed E-state index contributed by atoms with van der Waals surface area (Å²) < 4.78 is 5.50. The number of unbranched alkanes of at least 4 members (excludes halogenated alkanes) is 1. The Morgan fingerprint density at radius 2 is 1.27 bits per heavy atom. The van der Waals surface area contributed by atoms with Crippen LogP contribution in [0.15, 0.2) is 34.9 Å². The second kappa shape index (κ2) is 15.2. The number of aliphatic hydroxyl groups excluding tert-OH is 3. The van der Waals surface area contributed by atoms with Crippen molar-refractivity contribution in [1.29, 1.82) is 0 Å². The molecule has 0 unspecified atom stereocenters. The second-order valence-electron chi connectivity index (χ2n) is 7.63. The Kier molecular flexibility index (Phi) is 14.6. The molecule has 152 valence electrons. The van der Waals surface area contributed by atoms with Crippen LogP contribution in [0.5, 0.6) is 0 Å². The average molecular weight is 369 g/mol. The number of rotatable bonds is 15. The van der Waals surface area contributed by atoms with Gasteiger partial charge in [0.1, 0.15) is 0 Å². The van der Waals surface area contributed by atoms with Crippen LogP contribution in [0.4, 0.5) is 0 Å². The van der Waals surface area contributed by atoms with Crippen molar-refractivity contribution in [2.75, 3.05) is 33.0 Å². The third-order valence-corrected chi connectivity index (χ3v) is 4.52. The molecule has 4 nitrogen and oxygen atoms in total. The fraction of sp³-hybridized carbons (Fsp3) is 0.727. The Labute approximate surface area is 160 Å². The highest BCUT2D eigenvalue weighted by atomic mass is 16.5. The van der Waals surface area contributed by atoms with E-state index < -0.39 is 5.41 Å². The minimum absolute atomic E-state index is 0.177. The maximum atomic E-state index is 9.23. The highest BCUT2D eigenvalue weighted by molar-refractivity contribution is 5.05. The van der Waals surface area contributed by atoms with Gasteiger partial charge in [-0.1, -0.05) is 34.9 Å². The molecular weight excluding hydrogens is 328 g/mol. The lowest BCUT2D eigenvalue weighted by molar-refractivity contribution is -0.0579. The molecule has 0 fully saturated rings. The molecule has 0 aliphatic rings. The molecule has 0 saturated carbocycles. The van der Waals surface area contributed by atoms with Gasteiger partial charge in [0.2, 0.25) is 0 Å². The largest absolute Gasteiger partial charge is 0.396 e. The van der Waals surface area contributed by atoms with E-state index in [4.69, 9.17) is 4.74 Å². The van der Waals surface area contributed by atoms with Crippen LogP contribution in [0.3, 0.4) is 0 Å². The molecule has 0 amide bonds. The van der Waals surface area contributed by atoms with Gasteiger partial charge in [-0.25, -0.2) is 0 Å². The third-order valence-electron chi connectivity index (χ3n) is 4.52. The molecule has 0 aromatic carbocycles. The van der Waals surface area contributed by atoms with Crippen molar-refractivity contribution in [3.05, 3.63) is 34.9 Å². The van der Waals surface area contributed by atoms with Gasteiger partial charge in [-0.15, -0.1) is 0 Å². The van der Waals surface area contributed by atoms with Gasteiger partial charge in [-0.2, -0.15) is 0 Å². The van der Waals surface area contributed by atoms with Crippen molar-refractivity contribution in [1.82, 2.24) is 0 Å². The highest BCUT2D eigenvalue weighted by Crippen LogP contribution is 2.16. The van der Waals surface area contributed by atoms with Crippen molar-refractivity contribution in [3.8, 4) is 0 Å². The van der Waals surface area contributed by atoms with Gasteiger partial charge >= 0.3 is 0 Å². The van der Waals surface area contributed by atoms with Crippen molar-refractivity contribution < 1.29 is 20.1 Å². The zero-order chi connectivity index (χ0) is 19.8. The molecular formula is C22H40O4. The van der Waals surface area contributed by atoms with E-state index in [-0.39, 0.29) is 26.4 Å². The van der Waals surface area contributed by atoms with Crippen LogP contribution in [0.25, 0.3) is 0 Å². The molecule has 0 aliphatic carbocycles. The quantitative estimate of drug-likeness (QED) is 0.300. The maximum absolute atomic E-state index is 9.23. The van der Waals surface area contributed by atoms with Gasteiger partial charge in [0, 0.05) is 6.61 Å². The molecule has 0 heterocycles. The van der Waals surface area contributed by atoms with Crippen LogP contribution in [0, 0.1) is 5.41 Å². The van der Waals surface area contributed by atoms with Crippen molar-refractivity contribution in [2.45, 2.75) is 66.2 Å². The van der Waals surface area contributed by atoms with Gasteiger partial charge in [0.15, 0.2) is 0 Å². The normalized spacial score (nSPS) is 13.2. The number of hydrogen-bond donors (Lipinski definition) is 3. The summed E-state index contributed by atoms with van der Waals surface area (Å²) in [5.74, 6) is 0. The number of hydrogen-bond acceptors (Lipinski definition) is 4. The molecule has 0 saturated heterocycles. The molecule has 0 spiro atoms. The van der Waals surface area contributed by atoms with Crippen LogP contribution in [0.1, 0.15) is 66.2 Å². The van der Waals surface area contributed by atoms with E-state index in [1.54, 1.807) is 0 Å². The second-order valence-corrected chi connectivity index (χ2v) is 7.63. The predicted molar refractivity (Wildman–Crippen MR) is 109 cm³/mol. The van der Waals surface area contributed by atoms with Crippen LogP contribution < -0.4 is 0 Å². The van der Waals surface area contributed by atoms with E-state index in [1.165, 1.54) is 16.7 Å². The number of aliphatic hydroxyl groups is 3. The van der Waals surface area contributed by atoms with Gasteiger partial charge in [-0.05, 0) is 66.2 Å². The van der Waals surface area contributed by atoms with Gasteiger partial charge in [-0.3, -0.25) is 0 Å². The molecule has 0 aromatic heterocycles. The van der Waals surface area contributed by atoms with Gasteiger partial charge in [0.05, 0.1) is 31.8 Å². The third kappa shape index (κ3) is 12.4. The summed E-state index contributed by atoms with van der Waals surface area (Å²) in [6, 6.07) is 0. The van der Waals surface area contributed by atoms with E-state index in [0.717, 1.165) is 38.5 Å². The lowest BCUT2D eigenvalue weighted by atomic mass is 9.93. The zero-order valence-corrected chi connectivity index (χ0v) is 17.3. The molecule has 0 rings (SSSR count). The van der Waals surface area contributed by atoms with Crippen molar-refractivity contribution >= 4 is 0 Å². The molecule has 0 atom stereocenters. The lowest BCUT2D eigenvalue weighted by Gasteiger charge is -2.26. The minimum atomic E-state index is -0.929. The fourth-order valence-corrected chi connectivity index (χ4v) is 2.45. The zero-order valence-electron chi connectivity index (χ0n) is 17.3. The summed E-state index contributed by atoms with van der Waals surface area (Å²) in [6.45, 7) is 8.56. The van der Waals surface area contributed by atoms with E-state index in [9.17, 15) is 15.3 Å². The monoisotopic (exact) mass is 368 g/mol. The van der Waals surface area contributed by atoms with Crippen LogP contribution in [-0.4, -0.2) is 48.4 Å². The van der Waals surface area contributed by atoms with Crippen LogP contribution in [0.2, 0.25) is 0 Å². The number of allylic oxidation sites excluding steroid dienone is 6. The Morgan fingerprint density at radius 3 is 1.77 bits per heavy atom. The minimum Gasteiger partial charge on any atom is -0.396 e. The molecule has 26 heavy (non-hydrogen) atoms. The Bertz CT molecular complexity index is 433. The van der Waals surface area contributed by atoms with E-state index in [1.807, 2.05) is 0 Å². The topological polar surface area (TPSA) is 69.9 Å². The van der Waals surface area contributed by atoms with E-state index >= 15 is 0 Å². The first kappa shape index (κ1) is 25.1. The summed E-state index contributed by atoms with van der Waals surface area (Å²) in [4.78, 5) is 0. The van der Waals surface area contributed by atoms with Crippen LogP contribution >= 0.6 is 0 Å². The van der Waals surface area contributed by atoms with Gasteiger partial charge in [0.25, 0.3) is 0 Å². The van der Waals surface area contributed by atoms with Crippen molar-refractivity contribution in [2.24, 2.45) is 5.41 Å². The standard InChI is InChI=1S/C22H40O4/c1-19(2)9-7-11-21(4)13-8-12-20(3)10-5-6-14-26-18-22(15-23,16-24)17-25/h9-10,13,23-25H,5-8,11-12,14-18H2,1-4H3/b20-10+,21-13+. The lowest BCUT2D eigenvalue weighted by Crippen LogP contribution is -2.38. The molecule has 4 heteroatoms. The Morgan fingerprint density at radius 1 is 0.769 bits per heavy atom. The summed E-state index contributed by atoms with van der Waals surface area (Å²) in [6.07, 6.45) is 13.2. The van der Waals surface area contributed by atoms with Crippen molar-refractivity contribution in [3.63, 3.8) is 0 Å². The van der Waals surface area contributed by atoms with E-state index in [0.29, 0.717) is 6.61 Å². The molecule has 3 N–H and O–H groups in total. The SMILES string of the molecule is CC(C)=CCC/C(C)=C/CC/C(C)=C/CCCOCC(CO)(CO)CO. The summed E-state index contributed by atoms with van der Waals surface area (Å²) in [5, 5.41) is 27.7. The first-order valence-corrected chi connectivity index (χ1v) is 9.74. The smallest absolute Gasteiger partial charge is 0.0629 e. The van der Waals surface area contributed by atoms with E-state index in [2.05, 4.69) is 45.9 Å². The first-order valence-electron chi connectivity index (χ1n) is 9.74. The molecule has 0 radical (unpaired) electrons. The predicted octanol–water partition coefficient (Wildman–Crippen LogP) is 4.17. The average Bonchev–Trinajstić information content (AvgIpc) is 2.61. The number of ether oxygens (including phenoxy) is 1. The summed E-state index contributed by atoms with van der Waals surface area (Å²) >= 11 is 0. The molecule has 0 bridgehead atoms. The molecule has 0 aliphatic heterocycles. The highest BCUT2D eigenvalue weighted by Gasteiger charge is 2.28. The van der Waals surface area contributed by atoms with Crippen LogP contribution in [-0.2, 0) is 4.74 Å². The van der Waals surface area contributed by atoms with Gasteiger partial charge < -0.3 is 20.1 Å². The Balaban J connectivity index is 3.90. The summed E-state index contributed by atoms with van der Waals surface area (Å²) in [7, 11) is 0. The molecule has 0 aromatic rings. The Hall–Kier alpha value is -0.940.